The summed E-state index contributed by atoms with van der Waals surface area (Å²) in [5, 5.41) is 2.24. The highest BCUT2D eigenvalue weighted by molar-refractivity contribution is 7.20. The standard InChI is InChI=1S/C24BF20.C17H13F3N/c26-5-1(6(27)14(35)21(42)13(5)34)25(2-7(28)15(36)22(43)16(37)8(2)29,3-9(30)17(38)23(44)18(39)10(3)31)4-11(32)19(40)24(45)20(41)12(4)33;18-17(19,20)16-7-5-13(6-8-16)11-21-10-9-14-3-1-2-4-15(14)12-21/h;1-10,12H,11H2/q-1;+1. The van der Waals surface area contributed by atoms with Crippen molar-refractivity contribution in [2.24, 2.45) is 0 Å². The zero-order chi connectivity index (χ0) is 49.2. The Balaban J connectivity index is 0.000000284. The van der Waals surface area contributed by atoms with Gasteiger partial charge in [0.15, 0.2) is 88.7 Å². The van der Waals surface area contributed by atoms with E-state index >= 15 is 35.1 Å². The van der Waals surface area contributed by atoms with Crippen molar-refractivity contribution >= 4 is 38.8 Å². The predicted octanol–water partition coefficient (Wildman–Crippen LogP) is 10.0. The molecule has 6 aromatic carbocycles. The molecule has 346 valence electrons. The molecule has 66 heavy (non-hydrogen) atoms. The van der Waals surface area contributed by atoms with Crippen LogP contribution in [0.15, 0.2) is 67.0 Å². The van der Waals surface area contributed by atoms with Gasteiger partial charge in [-0.2, -0.15) is 13.2 Å². The van der Waals surface area contributed by atoms with E-state index in [1.165, 1.54) is 12.1 Å². The van der Waals surface area contributed by atoms with Gasteiger partial charge >= 0.3 is 6.18 Å². The summed E-state index contributed by atoms with van der Waals surface area (Å²) in [5.74, 6) is -71.4. The number of hydrogen-bond acceptors (Lipinski definition) is 0. The third kappa shape index (κ3) is 7.69. The molecule has 0 N–H and O–H groups in total. The van der Waals surface area contributed by atoms with Crippen molar-refractivity contribution in [1.82, 2.24) is 0 Å². The Labute approximate surface area is 351 Å². The molecule has 0 bridgehead atoms. The lowest BCUT2D eigenvalue weighted by Gasteiger charge is -2.44. The van der Waals surface area contributed by atoms with Gasteiger partial charge in [0.2, 0.25) is 0 Å². The molecule has 7 rings (SSSR count). The van der Waals surface area contributed by atoms with Crippen LogP contribution in [0.1, 0.15) is 11.1 Å². The summed E-state index contributed by atoms with van der Waals surface area (Å²) in [7, 11) is 0. The fraction of sp³-hybridized carbons (Fsp3) is 0.0488. The molecule has 0 atom stereocenters. The molecule has 0 radical (unpaired) electrons. The zero-order valence-electron chi connectivity index (χ0n) is 31.3. The van der Waals surface area contributed by atoms with E-state index in [2.05, 4.69) is 0 Å². The van der Waals surface area contributed by atoms with E-state index in [0.717, 1.165) is 28.5 Å². The Kier molecular flexibility index (Phi) is 12.9. The van der Waals surface area contributed by atoms with Crippen molar-refractivity contribution < 1.29 is 106 Å². The van der Waals surface area contributed by atoms with Crippen molar-refractivity contribution in [2.45, 2.75) is 12.7 Å². The van der Waals surface area contributed by atoms with E-state index < -0.39 is 156 Å². The van der Waals surface area contributed by atoms with Crippen LogP contribution in [0.4, 0.5) is 101 Å². The lowest BCUT2D eigenvalue weighted by atomic mass is 9.12. The molecule has 0 spiro atoms. The quantitative estimate of drug-likeness (QED) is 0.0514. The minimum absolute atomic E-state index is 0.545. The van der Waals surface area contributed by atoms with Crippen LogP contribution in [-0.2, 0) is 12.7 Å². The first-order chi connectivity index (χ1) is 30.7. The number of hydrogen-bond donors (Lipinski definition) is 0. The lowest BCUT2D eigenvalue weighted by Crippen LogP contribution is -2.81. The maximum Gasteiger partial charge on any atom is 0.416 e. The van der Waals surface area contributed by atoms with Crippen LogP contribution in [0.5, 0.6) is 0 Å². The van der Waals surface area contributed by atoms with E-state index in [4.69, 9.17) is 0 Å². The van der Waals surface area contributed by atoms with Gasteiger partial charge in [-0.05, 0) is 23.6 Å². The first-order valence-corrected chi connectivity index (χ1v) is 17.5. The Hall–Kier alpha value is -6.82. The smallest absolute Gasteiger partial charge is 0.207 e. The van der Waals surface area contributed by atoms with Crippen molar-refractivity contribution in [3.63, 3.8) is 0 Å². The lowest BCUT2D eigenvalue weighted by molar-refractivity contribution is -0.687. The van der Waals surface area contributed by atoms with Crippen LogP contribution >= 0.6 is 0 Å². The molecule has 1 heterocycles. The molecule has 0 saturated carbocycles. The molecule has 7 aromatic rings. The minimum atomic E-state index is -7.22. The molecule has 0 unspecified atom stereocenters. The zero-order valence-corrected chi connectivity index (χ0v) is 31.3. The molecular formula is C41H13BF23N. The largest absolute Gasteiger partial charge is 0.416 e. The first-order valence-electron chi connectivity index (χ1n) is 17.5. The van der Waals surface area contributed by atoms with Crippen molar-refractivity contribution in [2.75, 3.05) is 0 Å². The molecule has 0 fully saturated rings. The van der Waals surface area contributed by atoms with Gasteiger partial charge in [-0.15, -0.1) is 21.9 Å². The second kappa shape index (κ2) is 17.5. The van der Waals surface area contributed by atoms with E-state index in [1.54, 1.807) is 0 Å². The average Bonchev–Trinajstić information content (AvgIpc) is 3.29. The summed E-state index contributed by atoms with van der Waals surface area (Å²) in [6.07, 6.45) is -7.58. The molecule has 0 amide bonds. The summed E-state index contributed by atoms with van der Waals surface area (Å²) in [6.45, 7) is 0.545. The van der Waals surface area contributed by atoms with Gasteiger partial charge in [0.25, 0.3) is 0 Å². The normalized spacial score (nSPS) is 11.9. The molecule has 0 aliphatic rings. The average molecular weight is 967 g/mol. The van der Waals surface area contributed by atoms with Crippen LogP contribution in [0.2, 0.25) is 0 Å². The molecule has 25 heteroatoms. The molecule has 0 aliphatic heterocycles. The van der Waals surface area contributed by atoms with Gasteiger partial charge < -0.3 is 0 Å². The summed E-state index contributed by atoms with van der Waals surface area (Å²) >= 11 is 0. The van der Waals surface area contributed by atoms with Gasteiger partial charge in [-0.1, -0.05) is 30.3 Å². The third-order valence-corrected chi connectivity index (χ3v) is 10.1. The molecule has 1 aromatic heterocycles. The van der Waals surface area contributed by atoms with Crippen molar-refractivity contribution in [3.8, 4) is 0 Å². The Bertz CT molecular complexity index is 2710. The highest BCUT2D eigenvalue weighted by Gasteiger charge is 2.52. The number of nitrogens with zero attached hydrogens (tertiary/aromatic N) is 1. The number of benzene rings is 6. The van der Waals surface area contributed by atoms with E-state index in [0.29, 0.717) is 6.54 Å². The summed E-state index contributed by atoms with van der Waals surface area (Å²) in [5.41, 5.74) is -14.1. The van der Waals surface area contributed by atoms with E-state index in [-0.39, 0.29) is 0 Å². The number of alkyl halides is 3. The number of pyridine rings is 1. The van der Waals surface area contributed by atoms with E-state index in [9.17, 15) is 65.9 Å². The van der Waals surface area contributed by atoms with Crippen molar-refractivity contribution in [1.29, 1.82) is 0 Å². The van der Waals surface area contributed by atoms with Gasteiger partial charge in [0, 0.05) is 17.0 Å². The Morgan fingerprint density at radius 1 is 0.333 bits per heavy atom. The molecule has 1 nitrogen and oxygen atoms in total. The van der Waals surface area contributed by atoms with E-state index in [1.807, 2.05) is 47.3 Å². The number of aromatic nitrogens is 1. The number of rotatable bonds is 6. The Morgan fingerprint density at radius 3 is 0.894 bits per heavy atom. The van der Waals surface area contributed by atoms with Crippen LogP contribution in [0.25, 0.3) is 10.8 Å². The topological polar surface area (TPSA) is 3.88 Å². The van der Waals surface area contributed by atoms with Gasteiger partial charge in [0.1, 0.15) is 52.7 Å². The SMILES string of the molecule is FC(F)(F)c1ccc(C[n+]2ccc3ccccc3c2)cc1.Fc1c(F)c(F)c([B-](c2c(F)c(F)c(F)c(F)c2F)(c2c(F)c(F)c(F)c(F)c2F)c2c(F)c(F)c(F)c(F)c2F)c(F)c1F. The fourth-order valence-electron chi connectivity index (χ4n) is 7.16. The maximum atomic E-state index is 15.4. The monoisotopic (exact) mass is 967 g/mol. The van der Waals surface area contributed by atoms with Gasteiger partial charge in [-0.25, -0.2) is 92.4 Å². The maximum absolute atomic E-state index is 15.4. The number of fused-ring (bicyclic) bond motifs is 1. The molecule has 0 aliphatic carbocycles. The first kappa shape index (κ1) is 48.6. The predicted molar refractivity (Wildman–Crippen MR) is 184 cm³/mol. The molecule has 0 saturated heterocycles. The van der Waals surface area contributed by atoms with Crippen molar-refractivity contribution in [3.05, 3.63) is 194 Å². The van der Waals surface area contributed by atoms with Crippen LogP contribution in [0.3, 0.4) is 0 Å². The van der Waals surface area contributed by atoms with Crippen LogP contribution in [-0.4, -0.2) is 6.15 Å². The highest BCUT2D eigenvalue weighted by atomic mass is 19.4. The highest BCUT2D eigenvalue weighted by Crippen LogP contribution is 2.32. The number of halogens is 23. The van der Waals surface area contributed by atoms with Gasteiger partial charge in [0.05, 0.1) is 5.56 Å². The van der Waals surface area contributed by atoms with Gasteiger partial charge in [-0.3, -0.25) is 0 Å². The second-order valence-corrected chi connectivity index (χ2v) is 13.7. The summed E-state index contributed by atoms with van der Waals surface area (Å²) in [6, 6.07) is 15.3. The van der Waals surface area contributed by atoms with Crippen LogP contribution in [0, 0.1) is 116 Å². The third-order valence-electron chi connectivity index (χ3n) is 10.1. The Morgan fingerprint density at radius 2 is 0.606 bits per heavy atom. The summed E-state index contributed by atoms with van der Waals surface area (Å²) < 4.78 is 333. The summed E-state index contributed by atoms with van der Waals surface area (Å²) in [4.78, 5) is 0. The second-order valence-electron chi connectivity index (χ2n) is 13.7. The van der Waals surface area contributed by atoms with Crippen LogP contribution < -0.4 is 26.4 Å². The molecular weight excluding hydrogens is 954 g/mol. The minimum Gasteiger partial charge on any atom is -0.207 e. The fourth-order valence-corrected chi connectivity index (χ4v) is 7.16.